The van der Waals surface area contributed by atoms with Gasteiger partial charge in [-0.15, -0.1) is 0 Å². The summed E-state index contributed by atoms with van der Waals surface area (Å²) < 4.78 is 0. The predicted octanol–water partition coefficient (Wildman–Crippen LogP) is 6.16. The van der Waals surface area contributed by atoms with E-state index in [1.807, 2.05) is 27.7 Å². The van der Waals surface area contributed by atoms with Gasteiger partial charge in [-0.1, -0.05) is 82.1 Å². The van der Waals surface area contributed by atoms with Crippen molar-refractivity contribution in [2.75, 3.05) is 0 Å². The zero-order chi connectivity index (χ0) is 12.6. The van der Waals surface area contributed by atoms with Gasteiger partial charge in [-0.25, -0.2) is 0 Å². The first-order chi connectivity index (χ1) is 6.56. The molecule has 0 saturated carbocycles. The van der Waals surface area contributed by atoms with Crippen LogP contribution in [-0.2, 0) is 0 Å². The molecule has 0 fully saturated rings. The fraction of sp³-hybridized carbons (Fsp3) is 1.00. The number of unbranched alkanes of at least 4 members (excludes halogenated alkanes) is 1. The second-order valence-corrected chi connectivity index (χ2v) is 3.49. The molecule has 0 aromatic carbocycles. The highest BCUT2D eigenvalue weighted by atomic mass is 14.0. The minimum Gasteiger partial charge on any atom is -0.0683 e. The topological polar surface area (TPSA) is 0 Å². The molecular weight excluding hydrogens is 168 g/mol. The largest absolute Gasteiger partial charge is 0.0683 e. The van der Waals surface area contributed by atoms with Crippen LogP contribution >= 0.6 is 0 Å². The molecule has 92 valence electrons. The summed E-state index contributed by atoms with van der Waals surface area (Å²) in [6, 6.07) is 0. The Morgan fingerprint density at radius 2 is 0.714 bits per heavy atom. The normalized spacial score (nSPS) is 7.71. The second kappa shape index (κ2) is 29.2. The Kier molecular flexibility index (Phi) is 49.4. The van der Waals surface area contributed by atoms with Crippen molar-refractivity contribution in [1.82, 2.24) is 0 Å². The fourth-order valence-corrected chi connectivity index (χ4v) is 0. The van der Waals surface area contributed by atoms with Gasteiger partial charge in [0.15, 0.2) is 0 Å². The summed E-state index contributed by atoms with van der Waals surface area (Å²) >= 11 is 0. The van der Waals surface area contributed by atoms with Crippen LogP contribution in [0.4, 0.5) is 0 Å². The summed E-state index contributed by atoms with van der Waals surface area (Å²) in [5.41, 5.74) is 0. The third kappa shape index (κ3) is 58.1. The van der Waals surface area contributed by atoms with Crippen LogP contribution in [0.15, 0.2) is 0 Å². The van der Waals surface area contributed by atoms with E-state index in [0.29, 0.717) is 0 Å². The Labute approximate surface area is 94.5 Å². The maximum atomic E-state index is 2.24. The van der Waals surface area contributed by atoms with Crippen molar-refractivity contribution < 1.29 is 0 Å². The van der Waals surface area contributed by atoms with Crippen molar-refractivity contribution in [1.29, 1.82) is 0 Å². The summed E-state index contributed by atoms with van der Waals surface area (Å²) in [5.74, 6) is 1.70. The lowest BCUT2D eigenvalue weighted by Crippen LogP contribution is -1.95. The van der Waals surface area contributed by atoms with Gasteiger partial charge in [-0.05, 0) is 11.8 Å². The van der Waals surface area contributed by atoms with Gasteiger partial charge in [-0.2, -0.15) is 0 Å². The molecule has 0 spiro atoms. The number of rotatable bonds is 2. The monoisotopic (exact) mass is 204 g/mol. The molecule has 0 aromatic heterocycles. The van der Waals surface area contributed by atoms with Crippen molar-refractivity contribution in [3.8, 4) is 0 Å². The molecule has 0 nitrogen and oxygen atoms in total. The number of hydrogen-bond donors (Lipinski definition) is 0. The van der Waals surface area contributed by atoms with Crippen molar-refractivity contribution in [3.63, 3.8) is 0 Å². The molecule has 0 amide bonds. The van der Waals surface area contributed by atoms with Crippen LogP contribution in [0.1, 0.15) is 82.1 Å². The van der Waals surface area contributed by atoms with Gasteiger partial charge in [0.2, 0.25) is 0 Å². The Morgan fingerprint density at radius 3 is 0.714 bits per heavy atom. The molecule has 0 saturated heterocycles. The average molecular weight is 204 g/mol. The Hall–Kier alpha value is 0. The van der Waals surface area contributed by atoms with Gasteiger partial charge in [0.1, 0.15) is 0 Å². The first kappa shape index (κ1) is 23.7. The molecule has 0 aliphatic rings. The zero-order valence-electron chi connectivity index (χ0n) is 12.6. The van der Waals surface area contributed by atoms with Crippen molar-refractivity contribution in [2.24, 2.45) is 11.8 Å². The summed E-state index contributed by atoms with van der Waals surface area (Å²) in [5, 5.41) is 0. The van der Waals surface area contributed by atoms with Crippen LogP contribution < -0.4 is 0 Å². The highest BCUT2D eigenvalue weighted by molar-refractivity contribution is 4.46. The first-order valence-corrected chi connectivity index (χ1v) is 6.56. The van der Waals surface area contributed by atoms with Gasteiger partial charge in [0.25, 0.3) is 0 Å². The minimum absolute atomic E-state index is 0.852. The molecule has 0 aliphatic carbocycles. The van der Waals surface area contributed by atoms with Gasteiger partial charge < -0.3 is 0 Å². The standard InChI is InChI=1S/C6H14.C4H10.2C2H6/c1-5(2)6(3)4;1-3-4-2;2*1-2/h5-6H,1-4H3;3-4H2,1-2H3;2*1-2H3. The van der Waals surface area contributed by atoms with Crippen molar-refractivity contribution in [3.05, 3.63) is 0 Å². The van der Waals surface area contributed by atoms with E-state index in [2.05, 4.69) is 41.5 Å². The van der Waals surface area contributed by atoms with Crippen LogP contribution in [-0.4, -0.2) is 0 Å². The number of hydrogen-bond acceptors (Lipinski definition) is 0. The Bertz CT molecular complexity index is 36.0. The van der Waals surface area contributed by atoms with E-state index in [1.165, 1.54) is 12.8 Å². The third-order valence-corrected chi connectivity index (χ3v) is 1.83. The van der Waals surface area contributed by atoms with E-state index in [-0.39, 0.29) is 0 Å². The van der Waals surface area contributed by atoms with Gasteiger partial charge in [-0.3, -0.25) is 0 Å². The van der Waals surface area contributed by atoms with E-state index >= 15 is 0 Å². The van der Waals surface area contributed by atoms with E-state index in [1.54, 1.807) is 0 Å². The summed E-state index contributed by atoms with van der Waals surface area (Å²) in [6.07, 6.45) is 2.64. The minimum atomic E-state index is 0.852. The van der Waals surface area contributed by atoms with Crippen molar-refractivity contribution >= 4 is 0 Å². The highest BCUT2D eigenvalue weighted by Crippen LogP contribution is 2.05. The molecular formula is C14H36. The molecule has 0 heteroatoms. The summed E-state index contributed by atoms with van der Waals surface area (Å²) in [7, 11) is 0. The zero-order valence-corrected chi connectivity index (χ0v) is 12.6. The maximum Gasteiger partial charge on any atom is -0.0448 e. The third-order valence-electron chi connectivity index (χ3n) is 1.83. The summed E-state index contributed by atoms with van der Waals surface area (Å²) in [4.78, 5) is 0. The van der Waals surface area contributed by atoms with E-state index in [0.717, 1.165) is 11.8 Å². The molecule has 0 bridgehead atoms. The Balaban J connectivity index is -0.0000000546. The lowest BCUT2D eigenvalue weighted by atomic mass is 10.0. The van der Waals surface area contributed by atoms with Crippen LogP contribution in [0.2, 0.25) is 0 Å². The van der Waals surface area contributed by atoms with Crippen molar-refractivity contribution in [2.45, 2.75) is 82.1 Å². The average Bonchev–Trinajstić information content (AvgIpc) is 2.24. The molecule has 0 rings (SSSR count). The van der Waals surface area contributed by atoms with Crippen LogP contribution in [0.25, 0.3) is 0 Å². The first-order valence-electron chi connectivity index (χ1n) is 6.56. The van der Waals surface area contributed by atoms with E-state index in [4.69, 9.17) is 0 Å². The lowest BCUT2D eigenvalue weighted by Gasteiger charge is -2.05. The van der Waals surface area contributed by atoms with E-state index < -0.39 is 0 Å². The lowest BCUT2D eigenvalue weighted by molar-refractivity contribution is 0.457. The molecule has 0 heterocycles. The maximum absolute atomic E-state index is 2.24. The van der Waals surface area contributed by atoms with Crippen LogP contribution in [0.3, 0.4) is 0 Å². The quantitative estimate of drug-likeness (QED) is 0.505. The fourth-order valence-electron chi connectivity index (χ4n) is 0. The molecule has 0 aromatic rings. The predicted molar refractivity (Wildman–Crippen MR) is 73.0 cm³/mol. The van der Waals surface area contributed by atoms with Gasteiger partial charge in [0, 0.05) is 0 Å². The molecule has 0 N–H and O–H groups in total. The molecule has 14 heavy (non-hydrogen) atoms. The second-order valence-electron chi connectivity index (χ2n) is 3.49. The summed E-state index contributed by atoms with van der Waals surface area (Å²) in [6.45, 7) is 21.3. The molecule has 0 atom stereocenters. The highest BCUT2D eigenvalue weighted by Gasteiger charge is 1.95. The van der Waals surface area contributed by atoms with Crippen LogP contribution in [0, 0.1) is 11.8 Å². The van der Waals surface area contributed by atoms with Gasteiger partial charge >= 0.3 is 0 Å². The SMILES string of the molecule is CC.CC.CC(C)C(C)C.CCCC. The molecule has 0 aliphatic heterocycles. The van der Waals surface area contributed by atoms with E-state index in [9.17, 15) is 0 Å². The smallest absolute Gasteiger partial charge is 0.0448 e. The van der Waals surface area contributed by atoms with Gasteiger partial charge in [0.05, 0.1) is 0 Å². The molecule has 0 radical (unpaired) electrons. The van der Waals surface area contributed by atoms with Crippen LogP contribution in [0.5, 0.6) is 0 Å². The Morgan fingerprint density at radius 1 is 0.571 bits per heavy atom. The molecule has 0 unspecified atom stereocenters.